The number of rotatable bonds is 6. The fourth-order valence-electron chi connectivity index (χ4n) is 2.60. The number of para-hydroxylation sites is 2. The molecule has 3 rings (SSSR count). The van der Waals surface area contributed by atoms with E-state index in [1.165, 1.54) is 10.5 Å². The summed E-state index contributed by atoms with van der Waals surface area (Å²) in [4.78, 5) is 0.119. The second kappa shape index (κ2) is 7.08. The van der Waals surface area contributed by atoms with E-state index in [-0.39, 0.29) is 18.0 Å². The Kier molecular flexibility index (Phi) is 4.87. The number of aromatic nitrogens is 2. The Morgan fingerprint density at radius 3 is 2.24 bits per heavy atom. The molecular formula is C18H19N3O3S. The molecule has 1 N–H and O–H groups in total. The molecule has 1 heterocycles. The summed E-state index contributed by atoms with van der Waals surface area (Å²) in [6.45, 7) is 1.36. The van der Waals surface area contributed by atoms with Gasteiger partial charge in [0.2, 0.25) is 0 Å². The molecular weight excluding hydrogens is 338 g/mol. The van der Waals surface area contributed by atoms with Gasteiger partial charge >= 0.3 is 0 Å². The molecule has 0 saturated heterocycles. The molecule has 130 valence electrons. The van der Waals surface area contributed by atoms with Crippen molar-refractivity contribution >= 4 is 15.7 Å². The average molecular weight is 357 g/mol. The van der Waals surface area contributed by atoms with Crippen molar-refractivity contribution in [1.82, 2.24) is 9.78 Å². The number of benzene rings is 2. The molecule has 7 heteroatoms. The Hall–Kier alpha value is -2.64. The van der Waals surface area contributed by atoms with Crippen LogP contribution in [0.25, 0.3) is 5.69 Å². The topological polar surface area (TPSA) is 75.4 Å². The van der Waals surface area contributed by atoms with Crippen molar-refractivity contribution in [2.75, 3.05) is 17.5 Å². The predicted octanol–water partition coefficient (Wildman–Crippen LogP) is 2.37. The largest absolute Gasteiger partial charge is 0.394 e. The first-order valence-electron chi connectivity index (χ1n) is 7.84. The third-order valence-corrected chi connectivity index (χ3v) is 5.72. The van der Waals surface area contributed by atoms with Gasteiger partial charge in [0.1, 0.15) is 4.90 Å². The van der Waals surface area contributed by atoms with Gasteiger partial charge in [-0.15, -0.1) is 0 Å². The van der Waals surface area contributed by atoms with Gasteiger partial charge in [0, 0.05) is 0 Å². The fourth-order valence-corrected chi connectivity index (χ4v) is 4.21. The van der Waals surface area contributed by atoms with E-state index in [0.29, 0.717) is 11.4 Å². The summed E-state index contributed by atoms with van der Waals surface area (Å²) in [6.07, 6.45) is 1.51. The lowest BCUT2D eigenvalue weighted by molar-refractivity contribution is 0.306. The van der Waals surface area contributed by atoms with Crippen molar-refractivity contribution in [3.05, 3.63) is 72.6 Å². The van der Waals surface area contributed by atoms with Gasteiger partial charge in [-0.3, -0.25) is 4.31 Å². The highest BCUT2D eigenvalue weighted by molar-refractivity contribution is 7.92. The van der Waals surface area contributed by atoms with E-state index in [1.807, 2.05) is 36.4 Å². The quantitative estimate of drug-likeness (QED) is 0.735. The second-order valence-corrected chi connectivity index (χ2v) is 7.33. The highest BCUT2D eigenvalue weighted by atomic mass is 32.2. The molecule has 25 heavy (non-hydrogen) atoms. The molecule has 6 nitrogen and oxygen atoms in total. The number of nitrogens with zero attached hydrogens (tertiary/aromatic N) is 3. The Bertz CT molecular complexity index is 938. The van der Waals surface area contributed by atoms with E-state index >= 15 is 0 Å². The molecule has 0 aliphatic rings. The van der Waals surface area contributed by atoms with Gasteiger partial charge in [-0.1, -0.05) is 36.4 Å². The minimum atomic E-state index is -3.84. The SMILES string of the molecule is Cc1nn(-c2ccccc2)cc1S(=O)(=O)N(CCO)c1ccccc1. The number of aliphatic hydroxyl groups is 1. The summed E-state index contributed by atoms with van der Waals surface area (Å²) < 4.78 is 29.0. The molecule has 0 bridgehead atoms. The van der Waals surface area contributed by atoms with Gasteiger partial charge in [0.05, 0.1) is 36.4 Å². The van der Waals surface area contributed by atoms with E-state index < -0.39 is 10.0 Å². The highest BCUT2D eigenvalue weighted by Crippen LogP contribution is 2.25. The standard InChI is InChI=1S/C18H19N3O3S/c1-15-18(14-20(19-15)16-8-4-2-5-9-16)25(23,24)21(12-13-22)17-10-6-3-7-11-17/h2-11,14,22H,12-13H2,1H3. The second-order valence-electron chi connectivity index (χ2n) is 5.50. The van der Waals surface area contributed by atoms with Gasteiger partial charge in [-0.2, -0.15) is 5.10 Å². The van der Waals surface area contributed by atoms with Crippen LogP contribution in [0.3, 0.4) is 0 Å². The summed E-state index contributed by atoms with van der Waals surface area (Å²) in [7, 11) is -3.84. The van der Waals surface area contributed by atoms with Crippen LogP contribution < -0.4 is 4.31 Å². The van der Waals surface area contributed by atoms with Crippen LogP contribution in [-0.2, 0) is 10.0 Å². The van der Waals surface area contributed by atoms with Crippen molar-refractivity contribution in [3.63, 3.8) is 0 Å². The Morgan fingerprint density at radius 1 is 1.04 bits per heavy atom. The molecule has 1 aromatic heterocycles. The first-order chi connectivity index (χ1) is 12.0. The molecule has 0 unspecified atom stereocenters. The maximum absolute atomic E-state index is 13.1. The minimum absolute atomic E-state index is 0.0255. The summed E-state index contributed by atoms with van der Waals surface area (Å²) in [6, 6.07) is 18.0. The van der Waals surface area contributed by atoms with E-state index in [4.69, 9.17) is 0 Å². The number of aliphatic hydroxyl groups excluding tert-OH is 1. The first kappa shape index (κ1) is 17.2. The van der Waals surface area contributed by atoms with Crippen LogP contribution in [0.5, 0.6) is 0 Å². The van der Waals surface area contributed by atoms with Crippen LogP contribution in [0.15, 0.2) is 71.8 Å². The third kappa shape index (κ3) is 3.42. The number of anilines is 1. The van der Waals surface area contributed by atoms with E-state index in [9.17, 15) is 13.5 Å². The lowest BCUT2D eigenvalue weighted by Gasteiger charge is -2.23. The summed E-state index contributed by atoms with van der Waals surface area (Å²) in [5.74, 6) is 0. The van der Waals surface area contributed by atoms with Gasteiger partial charge in [0.25, 0.3) is 10.0 Å². The Labute approximate surface area is 147 Å². The monoisotopic (exact) mass is 357 g/mol. The smallest absolute Gasteiger partial charge is 0.267 e. The lowest BCUT2D eigenvalue weighted by Crippen LogP contribution is -2.33. The van der Waals surface area contributed by atoms with Crippen molar-refractivity contribution in [2.45, 2.75) is 11.8 Å². The van der Waals surface area contributed by atoms with Crippen LogP contribution in [0.2, 0.25) is 0 Å². The Balaban J connectivity index is 2.06. The molecule has 0 aliphatic heterocycles. The normalized spacial score (nSPS) is 11.4. The number of hydrogen-bond acceptors (Lipinski definition) is 4. The van der Waals surface area contributed by atoms with Gasteiger partial charge < -0.3 is 5.11 Å². The summed E-state index contributed by atoms with van der Waals surface area (Å²) in [5.41, 5.74) is 1.69. The Morgan fingerprint density at radius 2 is 1.64 bits per heavy atom. The summed E-state index contributed by atoms with van der Waals surface area (Å²) in [5, 5.41) is 13.7. The van der Waals surface area contributed by atoms with Crippen LogP contribution in [-0.4, -0.2) is 36.5 Å². The molecule has 0 aliphatic carbocycles. The third-order valence-electron chi connectivity index (χ3n) is 3.79. The molecule has 0 radical (unpaired) electrons. The molecule has 2 aromatic carbocycles. The van der Waals surface area contributed by atoms with Gasteiger partial charge in [0.15, 0.2) is 0 Å². The highest BCUT2D eigenvalue weighted by Gasteiger charge is 2.28. The molecule has 3 aromatic rings. The zero-order chi connectivity index (χ0) is 17.9. The molecule has 0 amide bonds. The van der Waals surface area contributed by atoms with Crippen molar-refractivity contribution in [1.29, 1.82) is 0 Å². The van der Waals surface area contributed by atoms with Crippen LogP contribution in [0.1, 0.15) is 5.69 Å². The number of hydrogen-bond donors (Lipinski definition) is 1. The van der Waals surface area contributed by atoms with E-state index in [2.05, 4.69) is 5.10 Å². The summed E-state index contributed by atoms with van der Waals surface area (Å²) >= 11 is 0. The van der Waals surface area contributed by atoms with Crippen LogP contribution >= 0.6 is 0 Å². The molecule has 0 atom stereocenters. The lowest BCUT2D eigenvalue weighted by atomic mass is 10.3. The van der Waals surface area contributed by atoms with Crippen LogP contribution in [0.4, 0.5) is 5.69 Å². The van der Waals surface area contributed by atoms with Crippen LogP contribution in [0, 0.1) is 6.92 Å². The van der Waals surface area contributed by atoms with Crippen molar-refractivity contribution in [3.8, 4) is 5.69 Å². The maximum Gasteiger partial charge on any atom is 0.267 e. The minimum Gasteiger partial charge on any atom is -0.394 e. The molecule has 0 saturated carbocycles. The van der Waals surface area contributed by atoms with E-state index in [0.717, 1.165) is 5.69 Å². The molecule has 0 fully saturated rings. The van der Waals surface area contributed by atoms with Crippen molar-refractivity contribution in [2.24, 2.45) is 0 Å². The number of aryl methyl sites for hydroxylation is 1. The molecule has 0 spiro atoms. The first-order valence-corrected chi connectivity index (χ1v) is 9.28. The van der Waals surface area contributed by atoms with E-state index in [1.54, 1.807) is 35.9 Å². The zero-order valence-corrected chi connectivity index (χ0v) is 14.6. The van der Waals surface area contributed by atoms with Gasteiger partial charge in [-0.05, 0) is 31.2 Å². The average Bonchev–Trinajstić information content (AvgIpc) is 3.04. The maximum atomic E-state index is 13.1. The number of sulfonamides is 1. The van der Waals surface area contributed by atoms with Crippen molar-refractivity contribution < 1.29 is 13.5 Å². The zero-order valence-electron chi connectivity index (χ0n) is 13.8. The van der Waals surface area contributed by atoms with Gasteiger partial charge in [-0.25, -0.2) is 13.1 Å². The predicted molar refractivity (Wildman–Crippen MR) is 96.4 cm³/mol. The fraction of sp³-hybridized carbons (Fsp3) is 0.167.